The molecule has 4 aromatic rings. The zero-order valence-electron chi connectivity index (χ0n) is 22.0. The maximum atomic E-state index is 6.69. The van der Waals surface area contributed by atoms with Crippen molar-refractivity contribution in [2.24, 2.45) is 0 Å². The number of rotatable bonds is 5. The van der Waals surface area contributed by atoms with Crippen LogP contribution in [0.4, 0.5) is 0 Å². The molecule has 4 aromatic carbocycles. The molecule has 186 valence electrons. The van der Waals surface area contributed by atoms with Crippen LogP contribution < -0.4 is 20.7 Å². The van der Waals surface area contributed by atoms with Gasteiger partial charge in [0.2, 0.25) is 0 Å². The molecular weight excluding hydrogens is 523 g/mol. The van der Waals surface area contributed by atoms with Crippen molar-refractivity contribution in [1.82, 2.24) is 0 Å². The molecule has 3 heteroatoms. The third-order valence-electron chi connectivity index (χ3n) is 8.25. The Labute approximate surface area is 224 Å². The van der Waals surface area contributed by atoms with Gasteiger partial charge < -0.3 is 0 Å². The van der Waals surface area contributed by atoms with Gasteiger partial charge >= 0.3 is 225 Å². The predicted molar refractivity (Wildman–Crippen MR) is 161 cm³/mol. The second-order valence-electron chi connectivity index (χ2n) is 10.9. The molecule has 0 atom stereocenters. The van der Waals surface area contributed by atoms with Crippen LogP contribution in [0.5, 0.6) is 5.75 Å². The van der Waals surface area contributed by atoms with Crippen molar-refractivity contribution >= 4 is 36.7 Å². The summed E-state index contributed by atoms with van der Waals surface area (Å²) in [5.74, 6) is 1.11. The molecule has 36 heavy (non-hydrogen) atoms. The van der Waals surface area contributed by atoms with Gasteiger partial charge in [-0.2, -0.15) is 0 Å². The third-order valence-corrected chi connectivity index (χ3v) is 17.7. The van der Waals surface area contributed by atoms with Gasteiger partial charge in [-0.05, 0) is 0 Å². The Morgan fingerprint density at radius 3 is 1.58 bits per heavy atom. The fourth-order valence-corrected chi connectivity index (χ4v) is 13.6. The number of benzene rings is 4. The zero-order chi connectivity index (χ0) is 25.6. The molecule has 0 amide bonds. The van der Waals surface area contributed by atoms with E-state index in [1.807, 2.05) is 0 Å². The predicted octanol–water partition coefficient (Wildman–Crippen LogP) is 8.06. The standard InChI is InChI=1S/C33H36BrOP/c1-24-25(2)31(30-21-22-33(4,5)35-32(30)26(24)3)23-36(34,27-15-9-6-10-16-27,28-17-11-7-12-18-28)29-19-13-8-14-20-29/h6-20H,21-23H2,1-5H3. The van der Waals surface area contributed by atoms with Gasteiger partial charge in [0.1, 0.15) is 0 Å². The van der Waals surface area contributed by atoms with Gasteiger partial charge in [0.25, 0.3) is 0 Å². The van der Waals surface area contributed by atoms with Crippen LogP contribution in [-0.4, -0.2) is 5.60 Å². The van der Waals surface area contributed by atoms with Crippen molar-refractivity contribution in [2.45, 2.75) is 59.2 Å². The molecule has 1 heterocycles. The van der Waals surface area contributed by atoms with Crippen LogP contribution >= 0.6 is 20.8 Å². The van der Waals surface area contributed by atoms with E-state index in [2.05, 4.69) is 141 Å². The van der Waals surface area contributed by atoms with Gasteiger partial charge in [0.05, 0.1) is 0 Å². The van der Waals surface area contributed by atoms with Crippen molar-refractivity contribution in [3.63, 3.8) is 0 Å². The van der Waals surface area contributed by atoms with Crippen LogP contribution in [0.2, 0.25) is 0 Å². The topological polar surface area (TPSA) is 9.23 Å². The first-order valence-electron chi connectivity index (χ1n) is 12.9. The third kappa shape index (κ3) is 3.94. The number of hydrogen-bond acceptors (Lipinski definition) is 1. The molecule has 0 spiro atoms. The van der Waals surface area contributed by atoms with E-state index in [0.717, 1.165) is 24.8 Å². The second-order valence-corrected chi connectivity index (χ2v) is 19.8. The van der Waals surface area contributed by atoms with Crippen LogP contribution in [0.15, 0.2) is 91.0 Å². The average molecular weight is 560 g/mol. The Kier molecular flexibility index (Phi) is 6.42. The molecule has 1 aliphatic rings. The van der Waals surface area contributed by atoms with E-state index in [-0.39, 0.29) is 5.60 Å². The Morgan fingerprint density at radius 1 is 0.694 bits per heavy atom. The van der Waals surface area contributed by atoms with Crippen molar-refractivity contribution in [1.29, 1.82) is 0 Å². The number of hydrogen-bond donors (Lipinski definition) is 0. The van der Waals surface area contributed by atoms with E-state index >= 15 is 0 Å². The first-order chi connectivity index (χ1) is 17.2. The fourth-order valence-electron chi connectivity index (χ4n) is 5.87. The molecule has 1 aliphatic heterocycles. The van der Waals surface area contributed by atoms with Gasteiger partial charge in [0.15, 0.2) is 0 Å². The molecule has 0 unspecified atom stereocenters. The van der Waals surface area contributed by atoms with Crippen molar-refractivity contribution in [2.75, 3.05) is 0 Å². The zero-order valence-corrected chi connectivity index (χ0v) is 24.5. The summed E-state index contributed by atoms with van der Waals surface area (Å²) in [7, 11) is 0. The summed E-state index contributed by atoms with van der Waals surface area (Å²) in [6, 6.07) is 33.3. The van der Waals surface area contributed by atoms with Crippen molar-refractivity contribution in [3.05, 3.63) is 119 Å². The first-order valence-corrected chi connectivity index (χ1v) is 17.3. The second kappa shape index (κ2) is 9.16. The fraction of sp³-hybridized carbons (Fsp3) is 0.273. The van der Waals surface area contributed by atoms with E-state index < -0.39 is 5.31 Å². The Hall–Kier alpha value is -2.41. The van der Waals surface area contributed by atoms with E-state index in [9.17, 15) is 0 Å². The van der Waals surface area contributed by atoms with E-state index in [1.54, 1.807) is 0 Å². The summed E-state index contributed by atoms with van der Waals surface area (Å²) in [5, 5.41) is 0.953. The molecule has 0 aliphatic carbocycles. The normalized spacial score (nSPS) is 15.9. The molecule has 0 fully saturated rings. The summed E-state index contributed by atoms with van der Waals surface area (Å²) in [4.78, 5) is 0. The van der Waals surface area contributed by atoms with Gasteiger partial charge in [-0.25, -0.2) is 0 Å². The summed E-state index contributed by atoms with van der Waals surface area (Å²) < 4.78 is 6.69. The van der Waals surface area contributed by atoms with Crippen molar-refractivity contribution < 1.29 is 4.74 Å². The average Bonchev–Trinajstić information content (AvgIpc) is 2.91. The molecular formula is C33H36BrOP. The van der Waals surface area contributed by atoms with E-state index in [1.165, 1.54) is 43.7 Å². The Balaban J connectivity index is 1.88. The first kappa shape index (κ1) is 25.2. The van der Waals surface area contributed by atoms with E-state index in [4.69, 9.17) is 4.74 Å². The van der Waals surface area contributed by atoms with Crippen LogP contribution in [0.25, 0.3) is 0 Å². The monoisotopic (exact) mass is 558 g/mol. The number of halogens is 1. The van der Waals surface area contributed by atoms with Gasteiger partial charge in [-0.1, -0.05) is 0 Å². The van der Waals surface area contributed by atoms with Gasteiger partial charge in [-0.15, -0.1) is 0 Å². The summed E-state index contributed by atoms with van der Waals surface area (Å²) in [6.07, 6.45) is 2.97. The molecule has 0 bridgehead atoms. The van der Waals surface area contributed by atoms with Crippen LogP contribution in [-0.2, 0) is 12.6 Å². The molecule has 0 aromatic heterocycles. The van der Waals surface area contributed by atoms with Gasteiger partial charge in [0, 0.05) is 0 Å². The number of ether oxygens (including phenoxy) is 1. The van der Waals surface area contributed by atoms with Crippen LogP contribution in [0.1, 0.15) is 48.1 Å². The van der Waals surface area contributed by atoms with Crippen LogP contribution in [0.3, 0.4) is 0 Å². The Bertz CT molecular complexity index is 1300. The molecule has 5 rings (SSSR count). The molecule has 0 radical (unpaired) electrons. The SMILES string of the molecule is Cc1c(C)c(CP(Br)(c2ccccc2)(c2ccccc2)c2ccccc2)c2c(c1C)OC(C)(C)CC2. The molecule has 0 saturated carbocycles. The molecule has 0 N–H and O–H groups in total. The quantitative estimate of drug-likeness (QED) is 0.225. The Morgan fingerprint density at radius 2 is 1.14 bits per heavy atom. The number of fused-ring (bicyclic) bond motifs is 1. The maximum absolute atomic E-state index is 6.69. The van der Waals surface area contributed by atoms with Crippen LogP contribution in [0, 0.1) is 20.8 Å². The minimum absolute atomic E-state index is 0.144. The summed E-state index contributed by atoms with van der Waals surface area (Å²) in [6.45, 7) is 11.2. The molecule has 1 nitrogen and oxygen atoms in total. The van der Waals surface area contributed by atoms with E-state index in [0.29, 0.717) is 0 Å². The summed E-state index contributed by atoms with van der Waals surface area (Å²) in [5.41, 5.74) is 6.71. The minimum atomic E-state index is -3.10. The molecule has 0 saturated heterocycles. The van der Waals surface area contributed by atoms with Gasteiger partial charge in [-0.3, -0.25) is 0 Å². The van der Waals surface area contributed by atoms with Crippen molar-refractivity contribution in [3.8, 4) is 5.75 Å². The summed E-state index contributed by atoms with van der Waals surface area (Å²) >= 11 is 4.67.